The fourth-order valence-electron chi connectivity index (χ4n) is 3.28. The van der Waals surface area contributed by atoms with Crippen LogP contribution in [-0.2, 0) is 6.54 Å². The highest BCUT2D eigenvalue weighted by atomic mass is 32.1. The van der Waals surface area contributed by atoms with Crippen LogP contribution in [0, 0.1) is 20.2 Å². The first-order valence-corrected chi connectivity index (χ1v) is 10.9. The highest BCUT2D eigenvalue weighted by molar-refractivity contribution is 7.22. The molecular weight excluding hydrogens is 462 g/mol. The fourth-order valence-corrected chi connectivity index (χ4v) is 4.27. The van der Waals surface area contributed by atoms with Gasteiger partial charge in [-0.1, -0.05) is 23.5 Å². The van der Waals surface area contributed by atoms with E-state index < -0.39 is 27.1 Å². The Bertz CT molecular complexity index is 1360. The summed E-state index contributed by atoms with van der Waals surface area (Å²) in [5.74, 6) is -0.116. The number of nitro groups is 2. The Hall–Kier alpha value is -4.45. The van der Waals surface area contributed by atoms with Gasteiger partial charge in [-0.3, -0.25) is 34.9 Å². The minimum absolute atomic E-state index is 0.0486. The monoisotopic (exact) mass is 479 g/mol. The van der Waals surface area contributed by atoms with E-state index in [0.29, 0.717) is 28.6 Å². The van der Waals surface area contributed by atoms with Crippen molar-refractivity contribution >= 4 is 44.0 Å². The highest BCUT2D eigenvalue weighted by Crippen LogP contribution is 2.36. The van der Waals surface area contributed by atoms with E-state index in [1.165, 1.54) is 16.2 Å². The quantitative estimate of drug-likeness (QED) is 0.260. The lowest BCUT2D eigenvalue weighted by atomic mass is 10.1. The molecule has 0 unspecified atom stereocenters. The minimum Gasteiger partial charge on any atom is -0.492 e. The lowest BCUT2D eigenvalue weighted by Crippen LogP contribution is -2.30. The van der Waals surface area contributed by atoms with Gasteiger partial charge in [-0.25, -0.2) is 4.98 Å². The van der Waals surface area contributed by atoms with Crippen LogP contribution in [0.1, 0.15) is 22.8 Å². The van der Waals surface area contributed by atoms with Crippen molar-refractivity contribution in [1.29, 1.82) is 0 Å². The number of amides is 1. The van der Waals surface area contributed by atoms with Crippen molar-refractivity contribution in [3.63, 3.8) is 0 Å². The van der Waals surface area contributed by atoms with E-state index in [4.69, 9.17) is 4.74 Å². The number of fused-ring (bicyclic) bond motifs is 1. The van der Waals surface area contributed by atoms with Crippen molar-refractivity contribution in [1.82, 2.24) is 9.97 Å². The number of hydrogen-bond donors (Lipinski definition) is 0. The van der Waals surface area contributed by atoms with E-state index >= 15 is 0 Å². The van der Waals surface area contributed by atoms with Crippen LogP contribution in [0.15, 0.2) is 60.9 Å². The summed E-state index contributed by atoms with van der Waals surface area (Å²) in [6, 6.07) is 11.7. The second-order valence-electron chi connectivity index (χ2n) is 7.04. The molecule has 2 aromatic carbocycles. The first-order valence-electron chi connectivity index (χ1n) is 10.0. The van der Waals surface area contributed by atoms with Crippen LogP contribution < -0.4 is 9.64 Å². The van der Waals surface area contributed by atoms with E-state index in [1.54, 1.807) is 30.6 Å². The van der Waals surface area contributed by atoms with Crippen LogP contribution in [0.25, 0.3) is 10.2 Å². The Morgan fingerprint density at radius 1 is 1.09 bits per heavy atom. The summed E-state index contributed by atoms with van der Waals surface area (Å²) in [4.78, 5) is 44.7. The predicted molar refractivity (Wildman–Crippen MR) is 125 cm³/mol. The van der Waals surface area contributed by atoms with Gasteiger partial charge in [-0.2, -0.15) is 0 Å². The van der Waals surface area contributed by atoms with Gasteiger partial charge in [-0.05, 0) is 30.7 Å². The van der Waals surface area contributed by atoms with Gasteiger partial charge in [0, 0.05) is 24.5 Å². The van der Waals surface area contributed by atoms with E-state index in [0.717, 1.165) is 22.9 Å². The van der Waals surface area contributed by atoms with E-state index in [1.807, 2.05) is 19.1 Å². The molecule has 4 aromatic rings. The van der Waals surface area contributed by atoms with E-state index in [2.05, 4.69) is 9.97 Å². The first-order chi connectivity index (χ1) is 16.4. The molecule has 0 spiro atoms. The van der Waals surface area contributed by atoms with Crippen molar-refractivity contribution in [2.24, 2.45) is 0 Å². The normalized spacial score (nSPS) is 10.7. The molecule has 0 N–H and O–H groups in total. The number of benzene rings is 2. The summed E-state index contributed by atoms with van der Waals surface area (Å²) in [5, 5.41) is 23.0. The molecule has 34 heavy (non-hydrogen) atoms. The third kappa shape index (κ3) is 4.66. The Balaban J connectivity index is 1.84. The van der Waals surface area contributed by atoms with Gasteiger partial charge in [0.1, 0.15) is 11.3 Å². The Morgan fingerprint density at radius 3 is 2.44 bits per heavy atom. The average molecular weight is 479 g/mol. The summed E-state index contributed by atoms with van der Waals surface area (Å²) >= 11 is 1.23. The number of nitro benzene ring substituents is 2. The number of thiazole rings is 1. The molecule has 0 aliphatic rings. The maximum atomic E-state index is 13.6. The van der Waals surface area contributed by atoms with Gasteiger partial charge in [0.05, 0.1) is 39.3 Å². The molecular formula is C22H17N5O6S. The maximum Gasteiger partial charge on any atom is 0.277 e. The number of non-ortho nitro benzene ring substituents is 2. The summed E-state index contributed by atoms with van der Waals surface area (Å²) in [6.45, 7) is 2.33. The number of carbonyl (C=O) groups is 1. The zero-order valence-corrected chi connectivity index (χ0v) is 18.6. The number of carbonyl (C=O) groups excluding carboxylic acids is 1. The number of nitrogens with zero attached hydrogens (tertiary/aromatic N) is 5. The van der Waals surface area contributed by atoms with Crippen LogP contribution in [0.4, 0.5) is 16.5 Å². The highest BCUT2D eigenvalue weighted by Gasteiger charge is 2.27. The van der Waals surface area contributed by atoms with Crippen LogP contribution in [0.5, 0.6) is 5.75 Å². The molecule has 0 aliphatic heterocycles. The largest absolute Gasteiger partial charge is 0.492 e. The lowest BCUT2D eigenvalue weighted by Gasteiger charge is -2.20. The molecule has 2 aromatic heterocycles. The molecule has 0 saturated carbocycles. The smallest absolute Gasteiger partial charge is 0.277 e. The molecule has 1 amide bonds. The Kier molecular flexibility index (Phi) is 6.41. The molecule has 0 saturated heterocycles. The summed E-state index contributed by atoms with van der Waals surface area (Å²) in [7, 11) is 0. The third-order valence-electron chi connectivity index (χ3n) is 4.78. The predicted octanol–water partition coefficient (Wildman–Crippen LogP) is 4.75. The summed E-state index contributed by atoms with van der Waals surface area (Å²) in [6.07, 6.45) is 3.17. The van der Waals surface area contributed by atoms with Crippen LogP contribution in [-0.4, -0.2) is 32.3 Å². The Morgan fingerprint density at radius 2 is 1.82 bits per heavy atom. The van der Waals surface area contributed by atoms with E-state index in [9.17, 15) is 25.0 Å². The van der Waals surface area contributed by atoms with Gasteiger partial charge in [-0.15, -0.1) is 0 Å². The molecule has 0 radical (unpaired) electrons. The third-order valence-corrected chi connectivity index (χ3v) is 5.82. The van der Waals surface area contributed by atoms with Crippen molar-refractivity contribution in [2.75, 3.05) is 11.5 Å². The molecule has 0 fully saturated rings. The number of ether oxygens (including phenoxy) is 1. The zero-order valence-electron chi connectivity index (χ0n) is 17.8. The molecule has 172 valence electrons. The fraction of sp³-hybridized carbons (Fsp3) is 0.136. The minimum atomic E-state index is -0.776. The Labute approximate surface area is 196 Å². The summed E-state index contributed by atoms with van der Waals surface area (Å²) in [5.41, 5.74) is -0.0591. The molecule has 0 atom stereocenters. The summed E-state index contributed by atoms with van der Waals surface area (Å²) < 4.78 is 6.41. The van der Waals surface area contributed by atoms with Gasteiger partial charge >= 0.3 is 0 Å². The second kappa shape index (κ2) is 9.58. The topological polar surface area (TPSA) is 142 Å². The van der Waals surface area contributed by atoms with Crippen LogP contribution in [0.3, 0.4) is 0 Å². The van der Waals surface area contributed by atoms with Crippen LogP contribution >= 0.6 is 11.3 Å². The standard InChI is InChI=1S/C22H17N5O6S/c1-2-33-18-6-3-7-19-20(18)24-22(34-19)25(13-14-5-4-8-23-12-14)21(28)15-9-16(26(29)30)11-17(10-15)27(31)32/h3-12H,2,13H2,1H3. The molecule has 4 rings (SSSR count). The number of pyridine rings is 1. The van der Waals surface area contributed by atoms with E-state index in [-0.39, 0.29) is 12.1 Å². The van der Waals surface area contributed by atoms with Gasteiger partial charge < -0.3 is 4.74 Å². The van der Waals surface area contributed by atoms with Crippen molar-refractivity contribution in [2.45, 2.75) is 13.5 Å². The molecule has 2 heterocycles. The number of aromatic nitrogens is 2. The van der Waals surface area contributed by atoms with Gasteiger partial charge in [0.25, 0.3) is 17.3 Å². The van der Waals surface area contributed by atoms with Crippen LogP contribution in [0.2, 0.25) is 0 Å². The average Bonchev–Trinajstić information content (AvgIpc) is 3.27. The zero-order chi connectivity index (χ0) is 24.2. The number of hydrogen-bond acceptors (Lipinski definition) is 9. The van der Waals surface area contributed by atoms with Crippen molar-refractivity contribution < 1.29 is 19.4 Å². The SMILES string of the molecule is CCOc1cccc2sc(N(Cc3cccnc3)C(=O)c3cc([N+](=O)[O-])cc([N+](=O)[O-])c3)nc12. The molecule has 11 nitrogen and oxygen atoms in total. The second-order valence-corrected chi connectivity index (χ2v) is 8.05. The van der Waals surface area contributed by atoms with Gasteiger partial charge in [0.2, 0.25) is 0 Å². The molecule has 0 aliphatic carbocycles. The number of anilines is 1. The number of para-hydroxylation sites is 1. The number of rotatable bonds is 8. The lowest BCUT2D eigenvalue weighted by molar-refractivity contribution is -0.394. The first kappa shape index (κ1) is 22.7. The molecule has 12 heteroatoms. The van der Waals surface area contributed by atoms with Crippen molar-refractivity contribution in [3.8, 4) is 5.75 Å². The maximum absolute atomic E-state index is 13.6. The van der Waals surface area contributed by atoms with Gasteiger partial charge in [0.15, 0.2) is 5.13 Å². The molecule has 0 bridgehead atoms. The van der Waals surface area contributed by atoms with Crippen molar-refractivity contribution in [3.05, 3.63) is 92.3 Å².